The molecule has 0 fully saturated rings. The van der Waals surface area contributed by atoms with Crippen LogP contribution < -0.4 is 4.74 Å². The number of benzene rings is 2. The molecule has 4 rings (SSSR count). The summed E-state index contributed by atoms with van der Waals surface area (Å²) in [6, 6.07) is 20.5. The lowest BCUT2D eigenvalue weighted by molar-refractivity contribution is 0.305. The Balaban J connectivity index is 1.66. The topological polar surface area (TPSA) is 39.9 Å². The molecule has 0 spiro atoms. The summed E-state index contributed by atoms with van der Waals surface area (Å²) < 4.78 is 7.95. The number of rotatable bonds is 6. The Labute approximate surface area is 163 Å². The molecule has 0 bridgehead atoms. The molecule has 0 amide bonds. The minimum absolute atomic E-state index is 0.518. The van der Waals surface area contributed by atoms with Gasteiger partial charge in [-0.15, -0.1) is 11.8 Å². The maximum Gasteiger partial charge on any atom is 0.160 e. The summed E-state index contributed by atoms with van der Waals surface area (Å²) in [4.78, 5) is 10.7. The highest BCUT2D eigenvalue weighted by molar-refractivity contribution is 7.99. The van der Waals surface area contributed by atoms with Crippen LogP contribution in [-0.2, 0) is 13.7 Å². The van der Waals surface area contributed by atoms with E-state index in [9.17, 15) is 0 Å². The van der Waals surface area contributed by atoms with Crippen molar-refractivity contribution in [2.24, 2.45) is 7.05 Å². The van der Waals surface area contributed by atoms with Gasteiger partial charge in [-0.25, -0.2) is 9.97 Å². The minimum Gasteiger partial charge on any atom is -0.487 e. The molecule has 0 unspecified atom stereocenters. The molecule has 0 atom stereocenters. The highest BCUT2D eigenvalue weighted by atomic mass is 32.2. The van der Waals surface area contributed by atoms with Crippen LogP contribution in [-0.4, -0.2) is 20.3 Å². The number of aryl methyl sites for hydroxylation is 1. The predicted molar refractivity (Wildman–Crippen MR) is 111 cm³/mol. The van der Waals surface area contributed by atoms with E-state index in [0.717, 1.165) is 39.6 Å². The molecule has 0 saturated carbocycles. The molecule has 2 aromatic carbocycles. The summed E-state index contributed by atoms with van der Waals surface area (Å²) in [5, 5.41) is 0. The first-order valence-electron chi connectivity index (χ1n) is 8.97. The van der Waals surface area contributed by atoms with Gasteiger partial charge in [-0.05, 0) is 17.4 Å². The lowest BCUT2D eigenvalue weighted by Gasteiger charge is -2.08. The Morgan fingerprint density at radius 2 is 1.81 bits per heavy atom. The van der Waals surface area contributed by atoms with E-state index in [2.05, 4.69) is 36.2 Å². The van der Waals surface area contributed by atoms with Crippen LogP contribution in [0.15, 0.2) is 71.8 Å². The van der Waals surface area contributed by atoms with Crippen LogP contribution in [0, 0.1) is 0 Å². The largest absolute Gasteiger partial charge is 0.487 e. The number of thioether (sulfide) groups is 1. The summed E-state index contributed by atoms with van der Waals surface area (Å²) in [5.74, 6) is 2.68. The molecule has 0 radical (unpaired) electrons. The van der Waals surface area contributed by atoms with Crippen LogP contribution in [0.25, 0.3) is 22.6 Å². The van der Waals surface area contributed by atoms with Gasteiger partial charge in [0.25, 0.3) is 0 Å². The van der Waals surface area contributed by atoms with Gasteiger partial charge in [-0.3, -0.25) is 0 Å². The maximum absolute atomic E-state index is 5.90. The second kappa shape index (κ2) is 7.84. The summed E-state index contributed by atoms with van der Waals surface area (Å²) in [7, 11) is 2.01. The Hall–Kier alpha value is -2.79. The van der Waals surface area contributed by atoms with Gasteiger partial charge in [0.05, 0.1) is 6.20 Å². The summed E-state index contributed by atoms with van der Waals surface area (Å²) in [5.41, 5.74) is 3.96. The van der Waals surface area contributed by atoms with Crippen LogP contribution in [0.3, 0.4) is 0 Å². The number of pyridine rings is 1. The average molecular weight is 375 g/mol. The van der Waals surface area contributed by atoms with Gasteiger partial charge in [0.2, 0.25) is 0 Å². The van der Waals surface area contributed by atoms with E-state index in [-0.39, 0.29) is 0 Å². The van der Waals surface area contributed by atoms with Gasteiger partial charge in [0.15, 0.2) is 5.65 Å². The number of imidazole rings is 1. The molecule has 136 valence electrons. The Kier molecular flexibility index (Phi) is 5.12. The molecule has 0 saturated heterocycles. The SMILES string of the molecule is CCSc1ccccc1-c1nc2cc(OCc3ccccc3)cnc2n1C. The first-order valence-corrected chi connectivity index (χ1v) is 9.96. The van der Waals surface area contributed by atoms with Crippen molar-refractivity contribution in [3.8, 4) is 17.1 Å². The van der Waals surface area contributed by atoms with Crippen LogP contribution in [0.4, 0.5) is 0 Å². The molecule has 4 nitrogen and oxygen atoms in total. The van der Waals surface area contributed by atoms with Crippen molar-refractivity contribution in [3.05, 3.63) is 72.4 Å². The van der Waals surface area contributed by atoms with Gasteiger partial charge in [-0.1, -0.05) is 55.5 Å². The zero-order valence-electron chi connectivity index (χ0n) is 15.4. The predicted octanol–water partition coefficient (Wildman–Crippen LogP) is 5.33. The molecule has 0 aliphatic heterocycles. The van der Waals surface area contributed by atoms with Crippen LogP contribution in [0.2, 0.25) is 0 Å². The maximum atomic E-state index is 5.90. The molecule has 5 heteroatoms. The van der Waals surface area contributed by atoms with Gasteiger partial charge in [0, 0.05) is 23.6 Å². The second-order valence-corrected chi connectivity index (χ2v) is 7.52. The quantitative estimate of drug-likeness (QED) is 0.427. The zero-order chi connectivity index (χ0) is 18.6. The fourth-order valence-electron chi connectivity index (χ4n) is 3.05. The fourth-order valence-corrected chi connectivity index (χ4v) is 3.85. The number of ether oxygens (including phenoxy) is 1. The van der Waals surface area contributed by atoms with E-state index in [1.807, 2.05) is 59.8 Å². The molecule has 27 heavy (non-hydrogen) atoms. The smallest absolute Gasteiger partial charge is 0.160 e. The van der Waals surface area contributed by atoms with E-state index in [4.69, 9.17) is 9.72 Å². The molecule has 4 aromatic rings. The number of fused-ring (bicyclic) bond motifs is 1. The third-order valence-electron chi connectivity index (χ3n) is 4.36. The van der Waals surface area contributed by atoms with Crippen molar-refractivity contribution < 1.29 is 4.74 Å². The number of hydrogen-bond acceptors (Lipinski definition) is 4. The highest BCUT2D eigenvalue weighted by Gasteiger charge is 2.14. The summed E-state index contributed by atoms with van der Waals surface area (Å²) in [6.07, 6.45) is 1.77. The van der Waals surface area contributed by atoms with Gasteiger partial charge < -0.3 is 9.30 Å². The first-order chi connectivity index (χ1) is 13.3. The monoisotopic (exact) mass is 375 g/mol. The number of hydrogen-bond donors (Lipinski definition) is 0. The van der Waals surface area contributed by atoms with Crippen molar-refractivity contribution in [1.29, 1.82) is 0 Å². The Morgan fingerprint density at radius 3 is 2.63 bits per heavy atom. The molecule has 0 aliphatic rings. The van der Waals surface area contributed by atoms with E-state index < -0.39 is 0 Å². The zero-order valence-corrected chi connectivity index (χ0v) is 16.2. The van der Waals surface area contributed by atoms with E-state index in [1.54, 1.807) is 6.20 Å². The standard InChI is InChI=1S/C22H21N3OS/c1-3-27-20-12-8-7-11-18(20)21-24-19-13-17(14-23-22(19)25(21)2)26-15-16-9-5-4-6-10-16/h4-14H,3,15H2,1-2H3. The van der Waals surface area contributed by atoms with Crippen molar-refractivity contribution in [2.45, 2.75) is 18.4 Å². The van der Waals surface area contributed by atoms with Gasteiger partial charge >= 0.3 is 0 Å². The number of aromatic nitrogens is 3. The van der Waals surface area contributed by atoms with Gasteiger partial charge in [0.1, 0.15) is 23.7 Å². The molecule has 2 heterocycles. The summed E-state index contributed by atoms with van der Waals surface area (Å²) >= 11 is 1.83. The second-order valence-electron chi connectivity index (χ2n) is 6.21. The van der Waals surface area contributed by atoms with Crippen molar-refractivity contribution in [3.63, 3.8) is 0 Å². The third-order valence-corrected chi connectivity index (χ3v) is 5.32. The molecule has 0 N–H and O–H groups in total. The number of nitrogens with zero attached hydrogens (tertiary/aromatic N) is 3. The fraction of sp³-hybridized carbons (Fsp3) is 0.182. The molecular weight excluding hydrogens is 354 g/mol. The van der Waals surface area contributed by atoms with Crippen LogP contribution in [0.1, 0.15) is 12.5 Å². The van der Waals surface area contributed by atoms with Gasteiger partial charge in [-0.2, -0.15) is 0 Å². The Morgan fingerprint density at radius 1 is 1.04 bits per heavy atom. The van der Waals surface area contributed by atoms with Crippen LogP contribution in [0.5, 0.6) is 5.75 Å². The lowest BCUT2D eigenvalue weighted by Crippen LogP contribution is -1.97. The van der Waals surface area contributed by atoms with Crippen LogP contribution >= 0.6 is 11.8 Å². The van der Waals surface area contributed by atoms with E-state index >= 15 is 0 Å². The minimum atomic E-state index is 0.518. The molecular formula is C22H21N3OS. The van der Waals surface area contributed by atoms with E-state index in [1.165, 1.54) is 4.90 Å². The lowest BCUT2D eigenvalue weighted by atomic mass is 10.2. The average Bonchev–Trinajstić information content (AvgIpc) is 3.04. The normalized spacial score (nSPS) is 11.0. The highest BCUT2D eigenvalue weighted by Crippen LogP contribution is 2.32. The first kappa shape index (κ1) is 17.6. The summed E-state index contributed by atoms with van der Waals surface area (Å²) in [6.45, 7) is 2.68. The Bertz CT molecular complexity index is 1060. The van der Waals surface area contributed by atoms with E-state index in [0.29, 0.717) is 6.61 Å². The molecule has 0 aliphatic carbocycles. The van der Waals surface area contributed by atoms with Crippen molar-refractivity contribution >= 4 is 22.9 Å². The molecule has 2 aromatic heterocycles. The third kappa shape index (κ3) is 3.69. The van der Waals surface area contributed by atoms with Crippen molar-refractivity contribution in [1.82, 2.24) is 14.5 Å². The van der Waals surface area contributed by atoms with Crippen molar-refractivity contribution in [2.75, 3.05) is 5.75 Å².